The Labute approximate surface area is 135 Å². The minimum Gasteiger partial charge on any atom is -0.497 e. The number of ether oxygens (including phenoxy) is 1. The van der Waals surface area contributed by atoms with Gasteiger partial charge in [-0.1, -0.05) is 27.7 Å². The maximum absolute atomic E-state index is 5.80. The zero-order valence-electron chi connectivity index (χ0n) is 11.4. The van der Waals surface area contributed by atoms with Gasteiger partial charge in [-0.25, -0.2) is 4.98 Å². The topological polar surface area (TPSA) is 63.9 Å². The van der Waals surface area contributed by atoms with Crippen LogP contribution in [0.4, 0.5) is 0 Å². The number of fused-ring (bicyclic) bond motifs is 1. The van der Waals surface area contributed by atoms with Gasteiger partial charge < -0.3 is 15.5 Å². The summed E-state index contributed by atoms with van der Waals surface area (Å²) in [7, 11) is 1.66. The Morgan fingerprint density at radius 3 is 2.90 bits per heavy atom. The van der Waals surface area contributed by atoms with E-state index >= 15 is 0 Å². The van der Waals surface area contributed by atoms with E-state index < -0.39 is 0 Å². The number of methoxy groups -OCH3 is 1. The summed E-state index contributed by atoms with van der Waals surface area (Å²) >= 11 is 5.04. The van der Waals surface area contributed by atoms with E-state index in [1.807, 2.05) is 36.4 Å². The maximum Gasteiger partial charge on any atom is 0.171 e. The molecule has 3 N–H and O–H groups in total. The molecule has 0 aliphatic carbocycles. The molecule has 0 saturated carbocycles. The van der Waals surface area contributed by atoms with Gasteiger partial charge >= 0.3 is 0 Å². The molecule has 1 aromatic heterocycles. The molecule has 0 amide bonds. The monoisotopic (exact) mass is 363 g/mol. The summed E-state index contributed by atoms with van der Waals surface area (Å²) < 4.78 is 6.25. The van der Waals surface area contributed by atoms with Gasteiger partial charge in [-0.2, -0.15) is 0 Å². The normalized spacial score (nSPS) is 11.0. The van der Waals surface area contributed by atoms with Gasteiger partial charge in [0.25, 0.3) is 0 Å². The van der Waals surface area contributed by atoms with Crippen molar-refractivity contribution in [2.75, 3.05) is 7.11 Å². The summed E-state index contributed by atoms with van der Waals surface area (Å²) in [6.07, 6.45) is 0. The second kappa shape index (κ2) is 6.09. The molecule has 0 aliphatic heterocycles. The highest BCUT2D eigenvalue weighted by molar-refractivity contribution is 9.10. The lowest BCUT2D eigenvalue weighted by atomic mass is 10.2. The van der Waals surface area contributed by atoms with Crippen molar-refractivity contribution >= 4 is 38.7 Å². The number of imidazole rings is 1. The number of aromatic nitrogens is 2. The van der Waals surface area contributed by atoms with Gasteiger partial charge in [0.15, 0.2) is 5.16 Å². The molecule has 0 unspecified atom stereocenters. The molecule has 3 rings (SSSR count). The smallest absolute Gasteiger partial charge is 0.171 e. The van der Waals surface area contributed by atoms with Crippen LogP contribution in [0, 0.1) is 0 Å². The van der Waals surface area contributed by atoms with Gasteiger partial charge in [0.2, 0.25) is 0 Å². The highest BCUT2D eigenvalue weighted by Crippen LogP contribution is 2.32. The number of nitrogens with two attached hydrogens (primary N) is 1. The number of benzene rings is 2. The van der Waals surface area contributed by atoms with Crippen LogP contribution < -0.4 is 10.5 Å². The first kappa shape index (κ1) is 14.4. The fourth-order valence-electron chi connectivity index (χ4n) is 2.05. The molecule has 108 valence electrons. The quantitative estimate of drug-likeness (QED) is 0.736. The Balaban J connectivity index is 1.94. The Morgan fingerprint density at radius 2 is 2.14 bits per heavy atom. The minimum atomic E-state index is 0.496. The molecule has 0 bridgehead atoms. The van der Waals surface area contributed by atoms with E-state index in [2.05, 4.69) is 25.9 Å². The summed E-state index contributed by atoms with van der Waals surface area (Å²) in [5.41, 5.74) is 8.78. The van der Waals surface area contributed by atoms with Crippen LogP contribution in [0.5, 0.6) is 5.75 Å². The first-order valence-corrected chi connectivity index (χ1v) is 8.00. The SMILES string of the molecule is COc1ccc2nc(Sc3ccc(Br)cc3CN)[nH]c2c1. The Morgan fingerprint density at radius 1 is 1.29 bits per heavy atom. The van der Waals surface area contributed by atoms with Crippen molar-refractivity contribution in [2.24, 2.45) is 5.73 Å². The zero-order valence-corrected chi connectivity index (χ0v) is 13.8. The van der Waals surface area contributed by atoms with Crippen molar-refractivity contribution in [1.82, 2.24) is 9.97 Å². The van der Waals surface area contributed by atoms with Gasteiger partial charge in [-0.3, -0.25) is 0 Å². The van der Waals surface area contributed by atoms with E-state index in [1.54, 1.807) is 18.9 Å². The van der Waals surface area contributed by atoms with E-state index in [1.165, 1.54) is 0 Å². The fraction of sp³-hybridized carbons (Fsp3) is 0.133. The molecule has 0 aliphatic rings. The lowest BCUT2D eigenvalue weighted by Gasteiger charge is -2.05. The number of H-pyrrole nitrogens is 1. The third-order valence-electron chi connectivity index (χ3n) is 3.12. The van der Waals surface area contributed by atoms with Crippen LogP contribution in [-0.4, -0.2) is 17.1 Å². The first-order valence-electron chi connectivity index (χ1n) is 6.39. The van der Waals surface area contributed by atoms with Crippen LogP contribution in [0.2, 0.25) is 0 Å². The molecule has 0 spiro atoms. The van der Waals surface area contributed by atoms with Crippen molar-refractivity contribution in [1.29, 1.82) is 0 Å². The second-order valence-corrected chi connectivity index (χ2v) is 6.43. The van der Waals surface area contributed by atoms with Crippen LogP contribution in [0.15, 0.2) is 50.9 Å². The number of rotatable bonds is 4. The number of hydrogen-bond donors (Lipinski definition) is 2. The molecule has 3 aromatic rings. The molecular formula is C15H14BrN3OS. The van der Waals surface area contributed by atoms with Crippen LogP contribution in [0.3, 0.4) is 0 Å². The van der Waals surface area contributed by atoms with Crippen LogP contribution in [0.25, 0.3) is 11.0 Å². The molecule has 21 heavy (non-hydrogen) atoms. The molecular weight excluding hydrogens is 350 g/mol. The van der Waals surface area contributed by atoms with Crippen molar-refractivity contribution in [3.05, 3.63) is 46.4 Å². The largest absolute Gasteiger partial charge is 0.497 e. The van der Waals surface area contributed by atoms with Crippen molar-refractivity contribution < 1.29 is 4.74 Å². The number of aromatic amines is 1. The number of nitrogens with one attached hydrogen (secondary N) is 1. The molecule has 6 heteroatoms. The molecule has 0 saturated heterocycles. The predicted octanol–water partition coefficient (Wildman–Crippen LogP) is 3.94. The van der Waals surface area contributed by atoms with E-state index in [4.69, 9.17) is 10.5 Å². The molecule has 0 fully saturated rings. The van der Waals surface area contributed by atoms with Gasteiger partial charge in [0, 0.05) is 22.0 Å². The number of nitrogens with zero attached hydrogens (tertiary/aromatic N) is 1. The van der Waals surface area contributed by atoms with Crippen molar-refractivity contribution in [3.8, 4) is 5.75 Å². The lowest BCUT2D eigenvalue weighted by molar-refractivity contribution is 0.415. The van der Waals surface area contributed by atoms with Crippen LogP contribution in [-0.2, 0) is 6.54 Å². The standard InChI is InChI=1S/C15H14BrN3OS/c1-20-11-3-4-12-13(7-11)19-15(18-12)21-14-5-2-10(16)6-9(14)8-17/h2-7H,8,17H2,1H3,(H,18,19). The summed E-state index contributed by atoms with van der Waals surface area (Å²) in [5, 5.41) is 0.843. The third kappa shape index (κ3) is 3.07. The molecule has 2 aromatic carbocycles. The summed E-state index contributed by atoms with van der Waals surface area (Å²) in [6.45, 7) is 0.496. The minimum absolute atomic E-state index is 0.496. The summed E-state index contributed by atoms with van der Waals surface area (Å²) in [4.78, 5) is 8.99. The predicted molar refractivity (Wildman–Crippen MR) is 88.8 cm³/mol. The molecule has 4 nitrogen and oxygen atoms in total. The van der Waals surface area contributed by atoms with Gasteiger partial charge in [0.05, 0.1) is 18.1 Å². The Kier molecular flexibility index (Phi) is 4.19. The molecule has 0 radical (unpaired) electrons. The number of halogens is 1. The Hall–Kier alpha value is -1.50. The van der Waals surface area contributed by atoms with Crippen molar-refractivity contribution in [3.63, 3.8) is 0 Å². The summed E-state index contributed by atoms with van der Waals surface area (Å²) in [6, 6.07) is 11.9. The second-order valence-electron chi connectivity index (χ2n) is 4.48. The molecule has 1 heterocycles. The van der Waals surface area contributed by atoms with E-state index in [9.17, 15) is 0 Å². The average molecular weight is 364 g/mol. The Bertz CT molecular complexity index is 788. The van der Waals surface area contributed by atoms with E-state index in [0.29, 0.717) is 6.54 Å². The van der Waals surface area contributed by atoms with E-state index in [-0.39, 0.29) is 0 Å². The first-order chi connectivity index (χ1) is 10.2. The maximum atomic E-state index is 5.80. The highest BCUT2D eigenvalue weighted by atomic mass is 79.9. The van der Waals surface area contributed by atoms with Crippen molar-refractivity contribution in [2.45, 2.75) is 16.6 Å². The van der Waals surface area contributed by atoms with E-state index in [0.717, 1.165) is 36.9 Å². The lowest BCUT2D eigenvalue weighted by Crippen LogP contribution is -1.98. The average Bonchev–Trinajstić information content (AvgIpc) is 2.90. The van der Waals surface area contributed by atoms with Gasteiger partial charge in [0.1, 0.15) is 5.75 Å². The van der Waals surface area contributed by atoms with Crippen LogP contribution in [0.1, 0.15) is 5.56 Å². The van der Waals surface area contributed by atoms with Gasteiger partial charge in [-0.05, 0) is 35.9 Å². The highest BCUT2D eigenvalue weighted by Gasteiger charge is 2.09. The number of hydrogen-bond acceptors (Lipinski definition) is 4. The molecule has 0 atom stereocenters. The third-order valence-corrected chi connectivity index (χ3v) is 4.61. The summed E-state index contributed by atoms with van der Waals surface area (Å²) in [5.74, 6) is 0.814. The van der Waals surface area contributed by atoms with Crippen LogP contribution >= 0.6 is 27.7 Å². The fourth-order valence-corrected chi connectivity index (χ4v) is 3.38. The zero-order chi connectivity index (χ0) is 14.8. The van der Waals surface area contributed by atoms with Gasteiger partial charge in [-0.15, -0.1) is 0 Å².